The van der Waals surface area contributed by atoms with Gasteiger partial charge in [0.15, 0.2) is 0 Å². The number of anilines is 1. The maximum absolute atomic E-state index is 11.7. The van der Waals surface area contributed by atoms with Crippen LogP contribution in [-0.2, 0) is 9.53 Å². The molecule has 4 heteroatoms. The summed E-state index contributed by atoms with van der Waals surface area (Å²) in [5.74, 6) is -0.0603. The van der Waals surface area contributed by atoms with E-state index in [-0.39, 0.29) is 17.9 Å². The van der Waals surface area contributed by atoms with E-state index >= 15 is 0 Å². The summed E-state index contributed by atoms with van der Waals surface area (Å²) in [5.41, 5.74) is 10.1. The van der Waals surface area contributed by atoms with Gasteiger partial charge < -0.3 is 15.8 Å². The lowest BCUT2D eigenvalue weighted by atomic mass is 9.95. The standard InChI is InChI=1S/C13H18N2O2/c1-7-4-9-8(2)13(16)15-12(9)10(5-7)11(14)6-17-3/h4-5,8,11H,6,14H2,1-3H3,(H,15,16). The van der Waals surface area contributed by atoms with Gasteiger partial charge in [-0.15, -0.1) is 0 Å². The molecule has 1 aromatic carbocycles. The molecular formula is C13H18N2O2. The van der Waals surface area contributed by atoms with Gasteiger partial charge >= 0.3 is 0 Å². The predicted molar refractivity (Wildman–Crippen MR) is 67.0 cm³/mol. The predicted octanol–water partition coefficient (Wildman–Crippen LogP) is 1.70. The minimum Gasteiger partial charge on any atom is -0.383 e. The molecule has 92 valence electrons. The second-order valence-corrected chi connectivity index (χ2v) is 4.59. The zero-order valence-electron chi connectivity index (χ0n) is 10.4. The summed E-state index contributed by atoms with van der Waals surface area (Å²) in [6.07, 6.45) is 0. The molecule has 1 amide bonds. The number of hydrogen-bond acceptors (Lipinski definition) is 3. The first-order valence-corrected chi connectivity index (χ1v) is 5.74. The van der Waals surface area contributed by atoms with E-state index in [1.807, 2.05) is 26.0 Å². The molecule has 0 saturated heterocycles. The van der Waals surface area contributed by atoms with E-state index in [1.54, 1.807) is 7.11 Å². The Balaban J connectivity index is 2.48. The maximum atomic E-state index is 11.7. The van der Waals surface area contributed by atoms with Crippen molar-refractivity contribution in [2.24, 2.45) is 5.73 Å². The number of hydrogen-bond donors (Lipinski definition) is 2. The smallest absolute Gasteiger partial charge is 0.231 e. The van der Waals surface area contributed by atoms with Crippen molar-refractivity contribution < 1.29 is 9.53 Å². The highest BCUT2D eigenvalue weighted by Crippen LogP contribution is 2.37. The quantitative estimate of drug-likeness (QED) is 0.836. The van der Waals surface area contributed by atoms with Crippen LogP contribution < -0.4 is 11.1 Å². The molecule has 1 aliphatic rings. The van der Waals surface area contributed by atoms with Gasteiger partial charge in [-0.05, 0) is 25.0 Å². The van der Waals surface area contributed by atoms with E-state index in [0.29, 0.717) is 6.61 Å². The first-order valence-electron chi connectivity index (χ1n) is 5.74. The number of fused-ring (bicyclic) bond motifs is 1. The van der Waals surface area contributed by atoms with Gasteiger partial charge in [0.05, 0.1) is 18.6 Å². The molecule has 1 aliphatic heterocycles. The lowest BCUT2D eigenvalue weighted by molar-refractivity contribution is -0.116. The normalized spacial score (nSPS) is 20.0. The zero-order chi connectivity index (χ0) is 12.6. The molecule has 3 N–H and O–H groups in total. The maximum Gasteiger partial charge on any atom is 0.231 e. The molecule has 0 bridgehead atoms. The Bertz CT molecular complexity index is 457. The summed E-state index contributed by atoms with van der Waals surface area (Å²) in [5, 5.41) is 2.91. The number of rotatable bonds is 3. The van der Waals surface area contributed by atoms with Crippen molar-refractivity contribution in [1.29, 1.82) is 0 Å². The molecule has 17 heavy (non-hydrogen) atoms. The number of methoxy groups -OCH3 is 1. The minimum atomic E-state index is -0.209. The fourth-order valence-corrected chi connectivity index (χ4v) is 2.26. The second-order valence-electron chi connectivity index (χ2n) is 4.59. The van der Waals surface area contributed by atoms with E-state index in [0.717, 1.165) is 22.4 Å². The van der Waals surface area contributed by atoms with Crippen molar-refractivity contribution >= 4 is 11.6 Å². The van der Waals surface area contributed by atoms with Crippen LogP contribution in [0, 0.1) is 6.92 Å². The van der Waals surface area contributed by atoms with Gasteiger partial charge in [0.25, 0.3) is 0 Å². The Labute approximate surface area is 101 Å². The number of ether oxygens (including phenoxy) is 1. The molecular weight excluding hydrogens is 216 g/mol. The van der Waals surface area contributed by atoms with E-state index in [1.165, 1.54) is 0 Å². The molecule has 0 aliphatic carbocycles. The van der Waals surface area contributed by atoms with Gasteiger partial charge in [0.2, 0.25) is 5.91 Å². The molecule has 1 aromatic rings. The first kappa shape index (κ1) is 12.1. The summed E-state index contributed by atoms with van der Waals surface area (Å²) in [4.78, 5) is 11.7. The van der Waals surface area contributed by atoms with Crippen molar-refractivity contribution in [2.45, 2.75) is 25.8 Å². The van der Waals surface area contributed by atoms with Gasteiger partial charge in [-0.25, -0.2) is 0 Å². The van der Waals surface area contributed by atoms with E-state index in [2.05, 4.69) is 5.32 Å². The van der Waals surface area contributed by atoms with Crippen molar-refractivity contribution in [2.75, 3.05) is 19.0 Å². The Morgan fingerprint density at radius 1 is 1.53 bits per heavy atom. The summed E-state index contributed by atoms with van der Waals surface area (Å²) >= 11 is 0. The van der Waals surface area contributed by atoms with Crippen LogP contribution in [0.25, 0.3) is 0 Å². The minimum absolute atomic E-state index is 0.0384. The molecule has 0 fully saturated rings. The Morgan fingerprint density at radius 2 is 2.24 bits per heavy atom. The molecule has 0 aromatic heterocycles. The molecule has 0 radical (unpaired) electrons. The lowest BCUT2D eigenvalue weighted by Crippen LogP contribution is -2.18. The fraction of sp³-hybridized carbons (Fsp3) is 0.462. The number of aryl methyl sites for hydroxylation is 1. The molecule has 2 rings (SSSR count). The van der Waals surface area contributed by atoms with Crippen LogP contribution in [0.3, 0.4) is 0 Å². The highest BCUT2D eigenvalue weighted by Gasteiger charge is 2.30. The average molecular weight is 234 g/mol. The zero-order valence-corrected chi connectivity index (χ0v) is 10.4. The van der Waals surface area contributed by atoms with Crippen LogP contribution in [0.4, 0.5) is 5.69 Å². The summed E-state index contributed by atoms with van der Waals surface area (Å²) in [7, 11) is 1.62. The van der Waals surface area contributed by atoms with Crippen LogP contribution in [0.2, 0.25) is 0 Å². The lowest BCUT2D eigenvalue weighted by Gasteiger charge is -2.16. The first-order chi connectivity index (χ1) is 8.04. The van der Waals surface area contributed by atoms with Gasteiger partial charge in [-0.3, -0.25) is 4.79 Å². The summed E-state index contributed by atoms with van der Waals surface area (Å²) in [6.45, 7) is 4.37. The van der Waals surface area contributed by atoms with Crippen molar-refractivity contribution in [3.8, 4) is 0 Å². The molecule has 4 nitrogen and oxygen atoms in total. The van der Waals surface area contributed by atoms with Crippen LogP contribution in [0.5, 0.6) is 0 Å². The number of amides is 1. The largest absolute Gasteiger partial charge is 0.383 e. The number of benzene rings is 1. The molecule has 2 atom stereocenters. The van der Waals surface area contributed by atoms with Gasteiger partial charge in [0, 0.05) is 12.8 Å². The summed E-state index contributed by atoms with van der Waals surface area (Å²) in [6, 6.07) is 3.85. The Kier molecular flexibility index (Phi) is 3.17. The molecule has 0 spiro atoms. The van der Waals surface area contributed by atoms with Crippen LogP contribution in [0.15, 0.2) is 12.1 Å². The van der Waals surface area contributed by atoms with E-state index in [4.69, 9.17) is 10.5 Å². The fourth-order valence-electron chi connectivity index (χ4n) is 2.26. The van der Waals surface area contributed by atoms with Gasteiger partial charge in [0.1, 0.15) is 0 Å². The molecule has 1 heterocycles. The van der Waals surface area contributed by atoms with Gasteiger partial charge in [-0.1, -0.05) is 17.7 Å². The van der Waals surface area contributed by atoms with E-state index in [9.17, 15) is 4.79 Å². The third kappa shape index (κ3) is 2.06. The SMILES string of the molecule is COCC(N)c1cc(C)cc2c1NC(=O)C2C. The monoisotopic (exact) mass is 234 g/mol. The van der Waals surface area contributed by atoms with E-state index < -0.39 is 0 Å². The Hall–Kier alpha value is -1.39. The highest BCUT2D eigenvalue weighted by molar-refractivity contribution is 6.03. The number of carbonyl (C=O) groups is 1. The van der Waals surface area contributed by atoms with Crippen molar-refractivity contribution in [3.05, 3.63) is 28.8 Å². The number of carbonyl (C=O) groups excluding carboxylic acids is 1. The molecule has 2 unspecified atom stereocenters. The topological polar surface area (TPSA) is 64.3 Å². The summed E-state index contributed by atoms with van der Waals surface area (Å²) < 4.78 is 5.07. The third-order valence-corrected chi connectivity index (χ3v) is 3.20. The second kappa shape index (κ2) is 4.47. The highest BCUT2D eigenvalue weighted by atomic mass is 16.5. The Morgan fingerprint density at radius 3 is 2.88 bits per heavy atom. The van der Waals surface area contributed by atoms with Crippen LogP contribution >= 0.6 is 0 Å². The van der Waals surface area contributed by atoms with Crippen LogP contribution in [-0.4, -0.2) is 19.6 Å². The van der Waals surface area contributed by atoms with Crippen LogP contribution in [0.1, 0.15) is 35.6 Å². The third-order valence-electron chi connectivity index (χ3n) is 3.20. The number of nitrogens with one attached hydrogen (secondary N) is 1. The van der Waals surface area contributed by atoms with Crippen molar-refractivity contribution in [3.63, 3.8) is 0 Å². The average Bonchev–Trinajstić information content (AvgIpc) is 2.55. The van der Waals surface area contributed by atoms with Crippen molar-refractivity contribution in [1.82, 2.24) is 0 Å². The number of nitrogens with two attached hydrogens (primary N) is 1. The molecule has 0 saturated carbocycles. The van der Waals surface area contributed by atoms with Gasteiger partial charge in [-0.2, -0.15) is 0 Å².